The molecule has 2 heterocycles. The number of aryl methyl sites for hydroxylation is 2. The van der Waals surface area contributed by atoms with Gasteiger partial charge in [0.2, 0.25) is 0 Å². The lowest BCUT2D eigenvalue weighted by molar-refractivity contribution is 0.415. The van der Waals surface area contributed by atoms with Crippen molar-refractivity contribution in [3.05, 3.63) is 29.0 Å². The van der Waals surface area contributed by atoms with Gasteiger partial charge in [-0.15, -0.1) is 0 Å². The van der Waals surface area contributed by atoms with Crippen LogP contribution in [0.2, 0.25) is 0 Å². The van der Waals surface area contributed by atoms with Gasteiger partial charge in [0.25, 0.3) is 0 Å². The zero-order valence-corrected chi connectivity index (χ0v) is 12.0. The molecule has 2 aromatic rings. The summed E-state index contributed by atoms with van der Waals surface area (Å²) in [5.74, 6) is 1.72. The molecule has 1 saturated heterocycles. The Balaban J connectivity index is 2.06. The highest BCUT2D eigenvalue weighted by atomic mass is 16.5. The average molecular weight is 258 g/mol. The summed E-state index contributed by atoms with van der Waals surface area (Å²) < 4.78 is 5.41. The highest BCUT2D eigenvalue weighted by Gasteiger charge is 2.19. The molecule has 1 aromatic heterocycles. The van der Waals surface area contributed by atoms with E-state index in [4.69, 9.17) is 4.74 Å². The van der Waals surface area contributed by atoms with E-state index in [0.29, 0.717) is 0 Å². The van der Waals surface area contributed by atoms with Crippen LogP contribution < -0.4 is 10.1 Å². The van der Waals surface area contributed by atoms with E-state index in [1.165, 1.54) is 34.1 Å². The van der Waals surface area contributed by atoms with E-state index >= 15 is 0 Å². The average Bonchev–Trinajstić information content (AvgIpc) is 3.00. The van der Waals surface area contributed by atoms with E-state index in [2.05, 4.69) is 36.3 Å². The first-order valence-corrected chi connectivity index (χ1v) is 7.05. The van der Waals surface area contributed by atoms with Crippen LogP contribution in [0.1, 0.15) is 23.2 Å². The maximum atomic E-state index is 5.41. The van der Waals surface area contributed by atoms with Crippen molar-refractivity contribution in [2.75, 3.05) is 20.2 Å². The summed E-state index contributed by atoms with van der Waals surface area (Å²) in [6.07, 6.45) is 2.44. The Morgan fingerprint density at radius 3 is 2.84 bits per heavy atom. The lowest BCUT2D eigenvalue weighted by Crippen LogP contribution is -2.11. The van der Waals surface area contributed by atoms with Gasteiger partial charge in [-0.25, -0.2) is 0 Å². The number of ether oxygens (including phenoxy) is 1. The number of rotatable bonds is 3. The third-order valence-electron chi connectivity index (χ3n) is 4.29. The number of benzene rings is 1. The molecule has 102 valence electrons. The Morgan fingerprint density at radius 1 is 1.32 bits per heavy atom. The molecule has 2 N–H and O–H groups in total. The van der Waals surface area contributed by atoms with Crippen LogP contribution in [0, 0.1) is 19.8 Å². The summed E-state index contributed by atoms with van der Waals surface area (Å²) in [5.41, 5.74) is 5.29. The summed E-state index contributed by atoms with van der Waals surface area (Å²) in [6, 6.07) is 4.27. The van der Waals surface area contributed by atoms with Gasteiger partial charge in [-0.05, 0) is 69.0 Å². The van der Waals surface area contributed by atoms with E-state index in [-0.39, 0.29) is 0 Å². The normalized spacial score (nSPS) is 19.2. The number of methoxy groups -OCH3 is 1. The highest BCUT2D eigenvalue weighted by Crippen LogP contribution is 2.31. The zero-order chi connectivity index (χ0) is 13.4. The molecule has 0 aliphatic carbocycles. The van der Waals surface area contributed by atoms with Crippen molar-refractivity contribution in [2.24, 2.45) is 5.92 Å². The van der Waals surface area contributed by atoms with Gasteiger partial charge in [0.1, 0.15) is 5.75 Å². The molecule has 1 fully saturated rings. The Labute approximate surface area is 114 Å². The van der Waals surface area contributed by atoms with Crippen LogP contribution in [-0.2, 0) is 6.42 Å². The third kappa shape index (κ3) is 2.23. The molecule has 1 aliphatic rings. The molecular formula is C16H22N2O. The summed E-state index contributed by atoms with van der Waals surface area (Å²) in [6.45, 7) is 6.63. The SMILES string of the molecule is COc1cc(C)c2[nH]c(C)c(CC3CCNC3)c2c1. The molecule has 0 bridgehead atoms. The number of aromatic amines is 1. The second-order valence-electron chi connectivity index (χ2n) is 5.66. The van der Waals surface area contributed by atoms with Gasteiger partial charge < -0.3 is 15.0 Å². The zero-order valence-electron chi connectivity index (χ0n) is 12.0. The maximum Gasteiger partial charge on any atom is 0.119 e. The number of nitrogens with one attached hydrogen (secondary N) is 2. The molecule has 0 radical (unpaired) electrons. The molecule has 19 heavy (non-hydrogen) atoms. The van der Waals surface area contributed by atoms with Crippen molar-refractivity contribution < 1.29 is 4.74 Å². The fraction of sp³-hybridized carbons (Fsp3) is 0.500. The van der Waals surface area contributed by atoms with Gasteiger partial charge in [0.15, 0.2) is 0 Å². The van der Waals surface area contributed by atoms with Crippen LogP contribution in [0.5, 0.6) is 5.75 Å². The van der Waals surface area contributed by atoms with Crippen LogP contribution in [0.25, 0.3) is 10.9 Å². The minimum Gasteiger partial charge on any atom is -0.497 e. The largest absolute Gasteiger partial charge is 0.497 e. The number of aromatic nitrogens is 1. The third-order valence-corrected chi connectivity index (χ3v) is 4.29. The summed E-state index contributed by atoms with van der Waals surface area (Å²) in [4.78, 5) is 3.54. The molecule has 1 unspecified atom stereocenters. The van der Waals surface area contributed by atoms with Crippen molar-refractivity contribution in [3.8, 4) is 5.75 Å². The molecule has 1 atom stereocenters. The topological polar surface area (TPSA) is 37.0 Å². The van der Waals surface area contributed by atoms with Gasteiger partial charge in [-0.3, -0.25) is 0 Å². The summed E-state index contributed by atoms with van der Waals surface area (Å²) in [7, 11) is 1.74. The van der Waals surface area contributed by atoms with Gasteiger partial charge in [-0.2, -0.15) is 0 Å². The number of H-pyrrole nitrogens is 1. The predicted molar refractivity (Wildman–Crippen MR) is 79.0 cm³/mol. The molecular weight excluding hydrogens is 236 g/mol. The molecule has 3 nitrogen and oxygen atoms in total. The minimum atomic E-state index is 0.768. The summed E-state index contributed by atoms with van der Waals surface area (Å²) in [5, 5.41) is 4.79. The second kappa shape index (κ2) is 4.89. The first-order valence-electron chi connectivity index (χ1n) is 7.05. The lowest BCUT2D eigenvalue weighted by Gasteiger charge is -2.09. The molecule has 0 saturated carbocycles. The van der Waals surface area contributed by atoms with Gasteiger partial charge in [0.05, 0.1) is 7.11 Å². The van der Waals surface area contributed by atoms with Gasteiger partial charge in [0, 0.05) is 16.6 Å². The van der Waals surface area contributed by atoms with E-state index in [1.54, 1.807) is 7.11 Å². The predicted octanol–water partition coefficient (Wildman–Crippen LogP) is 2.95. The fourth-order valence-electron chi connectivity index (χ4n) is 3.18. The molecule has 1 aromatic carbocycles. The van der Waals surface area contributed by atoms with Crippen molar-refractivity contribution in [2.45, 2.75) is 26.7 Å². The van der Waals surface area contributed by atoms with E-state index < -0.39 is 0 Å². The quantitative estimate of drug-likeness (QED) is 0.888. The number of fused-ring (bicyclic) bond motifs is 1. The van der Waals surface area contributed by atoms with Crippen LogP contribution in [0.15, 0.2) is 12.1 Å². The maximum absolute atomic E-state index is 5.41. The van der Waals surface area contributed by atoms with Gasteiger partial charge in [-0.1, -0.05) is 0 Å². The molecule has 0 amide bonds. The molecule has 3 rings (SSSR count). The van der Waals surface area contributed by atoms with E-state index in [9.17, 15) is 0 Å². The first kappa shape index (κ1) is 12.5. The van der Waals surface area contributed by atoms with Crippen molar-refractivity contribution in [3.63, 3.8) is 0 Å². The van der Waals surface area contributed by atoms with Crippen molar-refractivity contribution in [1.82, 2.24) is 10.3 Å². The smallest absolute Gasteiger partial charge is 0.119 e. The summed E-state index contributed by atoms with van der Waals surface area (Å²) >= 11 is 0. The Hall–Kier alpha value is -1.48. The van der Waals surface area contributed by atoms with Crippen LogP contribution in [-0.4, -0.2) is 25.2 Å². The highest BCUT2D eigenvalue weighted by molar-refractivity contribution is 5.88. The Bertz CT molecular complexity index is 594. The van der Waals surface area contributed by atoms with Crippen LogP contribution >= 0.6 is 0 Å². The van der Waals surface area contributed by atoms with E-state index in [0.717, 1.165) is 31.2 Å². The fourth-order valence-corrected chi connectivity index (χ4v) is 3.18. The van der Waals surface area contributed by atoms with Crippen molar-refractivity contribution in [1.29, 1.82) is 0 Å². The molecule has 0 spiro atoms. The van der Waals surface area contributed by atoms with Crippen molar-refractivity contribution >= 4 is 10.9 Å². The number of hydrogen-bond acceptors (Lipinski definition) is 2. The standard InChI is InChI=1S/C16H22N2O/c1-10-6-13(19-3)8-15-14(11(2)18-16(10)15)7-12-4-5-17-9-12/h6,8,12,17-18H,4-5,7,9H2,1-3H3. The molecule has 1 aliphatic heterocycles. The Morgan fingerprint density at radius 2 is 2.16 bits per heavy atom. The first-order chi connectivity index (χ1) is 9.19. The monoisotopic (exact) mass is 258 g/mol. The second-order valence-corrected chi connectivity index (χ2v) is 5.66. The Kier molecular flexibility index (Phi) is 3.23. The van der Waals surface area contributed by atoms with E-state index in [1.807, 2.05) is 0 Å². The minimum absolute atomic E-state index is 0.768. The molecule has 3 heteroatoms. The lowest BCUT2D eigenvalue weighted by atomic mass is 9.96. The number of hydrogen-bond donors (Lipinski definition) is 2. The van der Waals surface area contributed by atoms with Gasteiger partial charge >= 0.3 is 0 Å². The van der Waals surface area contributed by atoms with Crippen LogP contribution in [0.3, 0.4) is 0 Å². The van der Waals surface area contributed by atoms with Crippen LogP contribution in [0.4, 0.5) is 0 Å².